The lowest BCUT2D eigenvalue weighted by molar-refractivity contribution is 0.0539. The van der Waals surface area contributed by atoms with Gasteiger partial charge < -0.3 is 25.3 Å². The molecule has 0 spiro atoms. The van der Waals surface area contributed by atoms with Crippen molar-refractivity contribution in [1.29, 1.82) is 0 Å². The van der Waals surface area contributed by atoms with Crippen molar-refractivity contribution >= 4 is 5.84 Å². The average Bonchev–Trinajstić information content (AvgIpc) is 2.50. The van der Waals surface area contributed by atoms with Crippen LogP contribution in [0.3, 0.4) is 0 Å². The van der Waals surface area contributed by atoms with Crippen molar-refractivity contribution in [3.8, 4) is 0 Å². The van der Waals surface area contributed by atoms with Crippen molar-refractivity contribution in [2.75, 3.05) is 59.7 Å². The molecule has 7 heteroatoms. The number of amidine groups is 1. The van der Waals surface area contributed by atoms with Crippen molar-refractivity contribution in [3.63, 3.8) is 0 Å². The van der Waals surface area contributed by atoms with Crippen LogP contribution in [0.15, 0.2) is 5.16 Å². The fourth-order valence-corrected chi connectivity index (χ4v) is 2.45. The van der Waals surface area contributed by atoms with Gasteiger partial charge in [-0.3, -0.25) is 4.90 Å². The summed E-state index contributed by atoms with van der Waals surface area (Å²) in [4.78, 5) is 4.69. The van der Waals surface area contributed by atoms with Crippen LogP contribution in [0.2, 0.25) is 0 Å². The van der Waals surface area contributed by atoms with Gasteiger partial charge in [-0.1, -0.05) is 5.16 Å². The third kappa shape index (κ3) is 5.78. The highest BCUT2D eigenvalue weighted by molar-refractivity contribution is 5.88. The molecule has 1 aliphatic heterocycles. The second kappa shape index (κ2) is 9.19. The monoisotopic (exact) mass is 302 g/mol. The molecule has 3 N–H and O–H groups in total. The van der Waals surface area contributed by atoms with Crippen LogP contribution in [0.4, 0.5) is 0 Å². The lowest BCUT2D eigenvalue weighted by atomic mass is 10.0. The summed E-state index contributed by atoms with van der Waals surface area (Å²) in [6, 6.07) is 0. The van der Waals surface area contributed by atoms with Gasteiger partial charge in [-0.15, -0.1) is 0 Å². The molecule has 7 nitrogen and oxygen atoms in total. The predicted octanol–water partition coefficient (Wildman–Crippen LogP) is 0.182. The minimum absolute atomic E-state index is 0.266. The second-order valence-corrected chi connectivity index (χ2v) is 5.83. The van der Waals surface area contributed by atoms with Gasteiger partial charge in [0.05, 0.1) is 18.8 Å². The summed E-state index contributed by atoms with van der Waals surface area (Å²) in [5.74, 6) is 0.266. The average molecular weight is 302 g/mol. The first-order valence-corrected chi connectivity index (χ1v) is 7.54. The fourth-order valence-electron chi connectivity index (χ4n) is 2.45. The van der Waals surface area contributed by atoms with Gasteiger partial charge in [0.2, 0.25) is 0 Å². The molecular weight excluding hydrogens is 272 g/mol. The number of piperazine rings is 1. The highest BCUT2D eigenvalue weighted by Gasteiger charge is 2.33. The lowest BCUT2D eigenvalue weighted by Gasteiger charge is -2.43. The van der Waals surface area contributed by atoms with E-state index in [1.165, 1.54) is 0 Å². The highest BCUT2D eigenvalue weighted by Crippen LogP contribution is 2.17. The van der Waals surface area contributed by atoms with Crippen LogP contribution < -0.4 is 5.73 Å². The van der Waals surface area contributed by atoms with Gasteiger partial charge in [0, 0.05) is 46.4 Å². The van der Waals surface area contributed by atoms with E-state index < -0.39 is 5.54 Å². The van der Waals surface area contributed by atoms with Gasteiger partial charge in [0.25, 0.3) is 0 Å². The van der Waals surface area contributed by atoms with Gasteiger partial charge in [-0.05, 0) is 20.3 Å². The maximum absolute atomic E-state index is 8.86. The quantitative estimate of drug-likeness (QED) is 0.208. The van der Waals surface area contributed by atoms with Crippen LogP contribution in [-0.4, -0.2) is 86.0 Å². The van der Waals surface area contributed by atoms with E-state index in [0.717, 1.165) is 45.8 Å². The summed E-state index contributed by atoms with van der Waals surface area (Å²) >= 11 is 0. The Bertz CT molecular complexity index is 315. The van der Waals surface area contributed by atoms with Crippen LogP contribution >= 0.6 is 0 Å². The third-order valence-electron chi connectivity index (χ3n) is 4.09. The molecule has 124 valence electrons. The topological polar surface area (TPSA) is 83.6 Å². The van der Waals surface area contributed by atoms with Crippen LogP contribution in [0.1, 0.15) is 20.3 Å². The van der Waals surface area contributed by atoms with E-state index in [4.69, 9.17) is 20.4 Å². The van der Waals surface area contributed by atoms with Gasteiger partial charge >= 0.3 is 0 Å². The number of ether oxygens (including phenoxy) is 2. The molecular formula is C14H30N4O3. The third-order valence-corrected chi connectivity index (χ3v) is 4.09. The SMILES string of the molecule is COCCOCCCN1CCN(C(C)(C)C(N)=NO)CC1. The summed E-state index contributed by atoms with van der Waals surface area (Å²) in [5.41, 5.74) is 5.37. The second-order valence-electron chi connectivity index (χ2n) is 5.83. The van der Waals surface area contributed by atoms with Crippen LogP contribution in [-0.2, 0) is 9.47 Å². The smallest absolute Gasteiger partial charge is 0.159 e. The first kappa shape index (κ1) is 18.2. The minimum atomic E-state index is -0.399. The molecule has 0 amide bonds. The zero-order valence-electron chi connectivity index (χ0n) is 13.5. The van der Waals surface area contributed by atoms with Gasteiger partial charge in [-0.25, -0.2) is 0 Å². The normalized spacial score (nSPS) is 19.1. The Morgan fingerprint density at radius 2 is 1.86 bits per heavy atom. The maximum Gasteiger partial charge on any atom is 0.159 e. The molecule has 1 rings (SSSR count). The molecule has 0 bridgehead atoms. The van der Waals surface area contributed by atoms with E-state index in [1.54, 1.807) is 7.11 Å². The van der Waals surface area contributed by atoms with E-state index in [1.807, 2.05) is 13.8 Å². The molecule has 0 aromatic heterocycles. The molecule has 0 aliphatic carbocycles. The van der Waals surface area contributed by atoms with Crippen molar-refractivity contribution in [2.45, 2.75) is 25.8 Å². The first-order chi connectivity index (χ1) is 10.0. The Hall–Kier alpha value is -0.890. The van der Waals surface area contributed by atoms with E-state index in [-0.39, 0.29) is 5.84 Å². The first-order valence-electron chi connectivity index (χ1n) is 7.54. The fraction of sp³-hybridized carbons (Fsp3) is 0.929. The van der Waals surface area contributed by atoms with Crippen molar-refractivity contribution in [2.24, 2.45) is 10.9 Å². The molecule has 1 fully saturated rings. The van der Waals surface area contributed by atoms with E-state index in [0.29, 0.717) is 13.2 Å². The molecule has 1 heterocycles. The number of oxime groups is 1. The molecule has 1 saturated heterocycles. The molecule has 0 saturated carbocycles. The summed E-state index contributed by atoms with van der Waals surface area (Å²) in [7, 11) is 1.68. The summed E-state index contributed by atoms with van der Waals surface area (Å²) in [6.45, 7) is 11.0. The molecule has 0 aromatic rings. The Kier molecular flexibility index (Phi) is 7.95. The summed E-state index contributed by atoms with van der Waals surface area (Å²) in [6.07, 6.45) is 1.04. The zero-order chi connectivity index (χ0) is 15.7. The largest absolute Gasteiger partial charge is 0.409 e. The van der Waals surface area contributed by atoms with Crippen molar-refractivity contribution < 1.29 is 14.7 Å². The van der Waals surface area contributed by atoms with Crippen molar-refractivity contribution in [1.82, 2.24) is 9.80 Å². The van der Waals surface area contributed by atoms with Gasteiger partial charge in [0.15, 0.2) is 5.84 Å². The molecule has 0 atom stereocenters. The van der Waals surface area contributed by atoms with E-state index >= 15 is 0 Å². The molecule has 21 heavy (non-hydrogen) atoms. The van der Waals surface area contributed by atoms with Gasteiger partial charge in [-0.2, -0.15) is 0 Å². The Morgan fingerprint density at radius 3 is 2.43 bits per heavy atom. The molecule has 0 aromatic carbocycles. The number of methoxy groups -OCH3 is 1. The van der Waals surface area contributed by atoms with Crippen LogP contribution in [0, 0.1) is 0 Å². The summed E-state index contributed by atoms with van der Waals surface area (Å²) < 4.78 is 10.4. The van der Waals surface area contributed by atoms with E-state index in [9.17, 15) is 0 Å². The number of hydrogen-bond donors (Lipinski definition) is 2. The molecule has 0 radical (unpaired) electrons. The number of nitrogens with zero attached hydrogens (tertiary/aromatic N) is 3. The number of rotatable bonds is 9. The predicted molar refractivity (Wildman–Crippen MR) is 82.8 cm³/mol. The molecule has 1 aliphatic rings. The number of hydrogen-bond acceptors (Lipinski definition) is 6. The summed E-state index contributed by atoms with van der Waals surface area (Å²) in [5, 5.41) is 12.0. The standard InChI is InChI=1S/C14H30N4O3/c1-14(2,13(15)16-19)18-8-6-17(7-9-18)5-4-10-21-12-11-20-3/h19H,4-12H2,1-3H3,(H2,15,16). The van der Waals surface area contributed by atoms with E-state index in [2.05, 4.69) is 15.0 Å². The van der Waals surface area contributed by atoms with Gasteiger partial charge in [0.1, 0.15) is 0 Å². The Labute approximate surface area is 127 Å². The zero-order valence-corrected chi connectivity index (χ0v) is 13.5. The maximum atomic E-state index is 8.86. The minimum Gasteiger partial charge on any atom is -0.409 e. The highest BCUT2D eigenvalue weighted by atomic mass is 16.5. The van der Waals surface area contributed by atoms with Crippen LogP contribution in [0.5, 0.6) is 0 Å². The van der Waals surface area contributed by atoms with Crippen LogP contribution in [0.25, 0.3) is 0 Å². The molecule has 0 unspecified atom stereocenters. The van der Waals surface area contributed by atoms with Crippen molar-refractivity contribution in [3.05, 3.63) is 0 Å². The number of nitrogens with two attached hydrogens (primary N) is 1. The Morgan fingerprint density at radius 1 is 1.19 bits per heavy atom. The Balaban J connectivity index is 2.20. The lowest BCUT2D eigenvalue weighted by Crippen LogP contribution is -2.59.